The minimum absolute atomic E-state index is 0.638. The van der Waals surface area contributed by atoms with Gasteiger partial charge in [0, 0.05) is 31.2 Å². The van der Waals surface area contributed by atoms with Gasteiger partial charge >= 0.3 is 0 Å². The summed E-state index contributed by atoms with van der Waals surface area (Å²) in [4.78, 5) is 2.93. The van der Waals surface area contributed by atoms with Gasteiger partial charge in [0.25, 0.3) is 0 Å². The van der Waals surface area contributed by atoms with Crippen molar-refractivity contribution in [3.8, 4) is 0 Å². The molecule has 108 valence electrons. The van der Waals surface area contributed by atoms with Crippen molar-refractivity contribution in [3.05, 3.63) is 0 Å². The van der Waals surface area contributed by atoms with Crippen molar-refractivity contribution in [2.24, 2.45) is 17.8 Å². The Bertz CT molecular complexity index is 303. The zero-order valence-corrected chi connectivity index (χ0v) is 12.5. The van der Waals surface area contributed by atoms with Crippen LogP contribution in [0, 0.1) is 17.8 Å². The maximum atomic E-state index is 3.75. The standard InChI is InChI=1S/C17H30N2/c1-2-16-3-5-19(6-4-18-16)17-10-13-7-14(11-17)9-15(8-13)12-17/h13-16,18H,2-12H2,1H3. The van der Waals surface area contributed by atoms with Crippen LogP contribution in [0.3, 0.4) is 0 Å². The van der Waals surface area contributed by atoms with Crippen LogP contribution in [0.4, 0.5) is 0 Å². The zero-order valence-electron chi connectivity index (χ0n) is 12.5. The van der Waals surface area contributed by atoms with Crippen LogP contribution in [-0.2, 0) is 0 Å². The fourth-order valence-corrected chi connectivity index (χ4v) is 6.20. The molecule has 0 amide bonds. The van der Waals surface area contributed by atoms with Gasteiger partial charge in [-0.1, -0.05) is 6.92 Å². The average molecular weight is 262 g/mol. The van der Waals surface area contributed by atoms with Crippen LogP contribution in [0.25, 0.3) is 0 Å². The highest BCUT2D eigenvalue weighted by Gasteiger charge is 2.53. The van der Waals surface area contributed by atoms with Gasteiger partial charge in [-0.25, -0.2) is 0 Å². The molecular formula is C17H30N2. The van der Waals surface area contributed by atoms with E-state index in [2.05, 4.69) is 17.1 Å². The van der Waals surface area contributed by atoms with E-state index in [1.807, 2.05) is 0 Å². The molecule has 5 fully saturated rings. The van der Waals surface area contributed by atoms with Crippen LogP contribution >= 0.6 is 0 Å². The molecule has 4 aliphatic carbocycles. The Labute approximate surface area is 118 Å². The largest absolute Gasteiger partial charge is 0.313 e. The molecule has 0 aromatic rings. The highest BCUT2D eigenvalue weighted by atomic mass is 15.2. The Hall–Kier alpha value is -0.0800. The van der Waals surface area contributed by atoms with Gasteiger partial charge < -0.3 is 5.32 Å². The van der Waals surface area contributed by atoms with Crippen LogP contribution in [0.1, 0.15) is 58.3 Å². The average Bonchev–Trinajstić information content (AvgIpc) is 2.62. The predicted molar refractivity (Wildman–Crippen MR) is 79.2 cm³/mol. The van der Waals surface area contributed by atoms with Crippen LogP contribution in [0.15, 0.2) is 0 Å². The molecule has 1 N–H and O–H groups in total. The second-order valence-electron chi connectivity index (χ2n) is 7.98. The summed E-state index contributed by atoms with van der Waals surface area (Å²) >= 11 is 0. The Morgan fingerprint density at radius 2 is 1.63 bits per heavy atom. The van der Waals surface area contributed by atoms with E-state index in [9.17, 15) is 0 Å². The molecule has 0 aromatic heterocycles. The summed E-state index contributed by atoms with van der Waals surface area (Å²) in [5.41, 5.74) is 0.638. The van der Waals surface area contributed by atoms with Gasteiger partial charge in [-0.2, -0.15) is 0 Å². The van der Waals surface area contributed by atoms with Crippen molar-refractivity contribution in [1.29, 1.82) is 0 Å². The van der Waals surface area contributed by atoms with E-state index in [0.29, 0.717) is 5.54 Å². The molecule has 19 heavy (non-hydrogen) atoms. The van der Waals surface area contributed by atoms with Gasteiger partial charge in [-0.05, 0) is 69.1 Å². The minimum atomic E-state index is 0.638. The van der Waals surface area contributed by atoms with Gasteiger partial charge in [-0.15, -0.1) is 0 Å². The molecule has 4 saturated carbocycles. The smallest absolute Gasteiger partial charge is 0.0218 e. The second-order valence-corrected chi connectivity index (χ2v) is 7.98. The van der Waals surface area contributed by atoms with E-state index in [1.165, 1.54) is 51.7 Å². The third kappa shape index (κ3) is 2.15. The first-order valence-corrected chi connectivity index (χ1v) is 8.76. The number of hydrogen-bond acceptors (Lipinski definition) is 2. The number of hydrogen-bond donors (Lipinski definition) is 1. The van der Waals surface area contributed by atoms with Crippen molar-refractivity contribution in [1.82, 2.24) is 10.2 Å². The summed E-state index contributed by atoms with van der Waals surface area (Å²) in [6.45, 7) is 6.22. The number of rotatable bonds is 2. The molecule has 1 atom stereocenters. The Morgan fingerprint density at radius 3 is 2.21 bits per heavy atom. The Balaban J connectivity index is 1.51. The maximum Gasteiger partial charge on any atom is 0.0218 e. The quantitative estimate of drug-likeness (QED) is 0.823. The molecular weight excluding hydrogens is 232 g/mol. The minimum Gasteiger partial charge on any atom is -0.313 e. The monoisotopic (exact) mass is 262 g/mol. The normalized spacial score (nSPS) is 50.4. The molecule has 1 aliphatic heterocycles. The molecule has 0 spiro atoms. The molecule has 0 radical (unpaired) electrons. The van der Waals surface area contributed by atoms with Crippen molar-refractivity contribution >= 4 is 0 Å². The number of nitrogens with one attached hydrogen (secondary N) is 1. The lowest BCUT2D eigenvalue weighted by atomic mass is 9.52. The molecule has 5 rings (SSSR count). The third-order valence-electron chi connectivity index (χ3n) is 6.73. The van der Waals surface area contributed by atoms with Gasteiger partial charge in [0.15, 0.2) is 0 Å². The summed E-state index contributed by atoms with van der Waals surface area (Å²) in [6.07, 6.45) is 12.0. The second kappa shape index (κ2) is 4.73. The summed E-state index contributed by atoms with van der Waals surface area (Å²) in [5.74, 6) is 3.26. The summed E-state index contributed by atoms with van der Waals surface area (Å²) in [5, 5.41) is 3.75. The molecule has 1 heterocycles. The molecule has 2 heteroatoms. The van der Waals surface area contributed by atoms with E-state index in [0.717, 1.165) is 23.8 Å². The molecule has 1 saturated heterocycles. The van der Waals surface area contributed by atoms with Crippen molar-refractivity contribution in [2.45, 2.75) is 69.9 Å². The summed E-state index contributed by atoms with van der Waals surface area (Å²) in [7, 11) is 0. The van der Waals surface area contributed by atoms with E-state index in [4.69, 9.17) is 0 Å². The molecule has 5 aliphatic rings. The lowest BCUT2D eigenvalue weighted by Crippen LogP contribution is -2.60. The van der Waals surface area contributed by atoms with Crippen LogP contribution in [0.5, 0.6) is 0 Å². The highest BCUT2D eigenvalue weighted by molar-refractivity contribution is 5.07. The highest BCUT2D eigenvalue weighted by Crippen LogP contribution is 2.57. The lowest BCUT2D eigenvalue weighted by Gasteiger charge is -2.60. The van der Waals surface area contributed by atoms with Gasteiger partial charge in [0.2, 0.25) is 0 Å². The summed E-state index contributed by atoms with van der Waals surface area (Å²) in [6, 6.07) is 0.777. The van der Waals surface area contributed by atoms with Crippen molar-refractivity contribution in [3.63, 3.8) is 0 Å². The lowest BCUT2D eigenvalue weighted by molar-refractivity contribution is -0.0867. The SMILES string of the molecule is CCC1CCN(C23CC4CC(CC(C4)C2)C3)CCN1. The molecule has 1 unspecified atom stereocenters. The van der Waals surface area contributed by atoms with Crippen LogP contribution < -0.4 is 5.32 Å². The Kier molecular flexibility index (Phi) is 3.15. The topological polar surface area (TPSA) is 15.3 Å². The summed E-state index contributed by atoms with van der Waals surface area (Å²) < 4.78 is 0. The number of nitrogens with zero attached hydrogens (tertiary/aromatic N) is 1. The fourth-order valence-electron chi connectivity index (χ4n) is 6.20. The zero-order chi connectivity index (χ0) is 12.9. The first-order chi connectivity index (χ1) is 9.27. The van der Waals surface area contributed by atoms with Crippen molar-refractivity contribution in [2.75, 3.05) is 19.6 Å². The molecule has 0 aromatic carbocycles. The maximum absolute atomic E-state index is 3.75. The fraction of sp³-hybridized carbons (Fsp3) is 1.00. The van der Waals surface area contributed by atoms with E-state index < -0.39 is 0 Å². The first-order valence-electron chi connectivity index (χ1n) is 8.76. The Morgan fingerprint density at radius 1 is 1.00 bits per heavy atom. The molecule has 2 nitrogen and oxygen atoms in total. The first kappa shape index (κ1) is 12.6. The van der Waals surface area contributed by atoms with Gasteiger partial charge in [-0.3, -0.25) is 4.90 Å². The van der Waals surface area contributed by atoms with Crippen molar-refractivity contribution < 1.29 is 0 Å². The third-order valence-corrected chi connectivity index (χ3v) is 6.73. The molecule has 4 bridgehead atoms. The van der Waals surface area contributed by atoms with Gasteiger partial charge in [0.1, 0.15) is 0 Å². The van der Waals surface area contributed by atoms with Gasteiger partial charge in [0.05, 0.1) is 0 Å². The van der Waals surface area contributed by atoms with Crippen LogP contribution in [-0.4, -0.2) is 36.1 Å². The predicted octanol–water partition coefficient (Wildman–Crippen LogP) is 3.03. The van der Waals surface area contributed by atoms with E-state index in [-0.39, 0.29) is 0 Å². The van der Waals surface area contributed by atoms with E-state index >= 15 is 0 Å². The van der Waals surface area contributed by atoms with E-state index in [1.54, 1.807) is 19.3 Å². The van der Waals surface area contributed by atoms with Crippen LogP contribution in [0.2, 0.25) is 0 Å².